The van der Waals surface area contributed by atoms with Gasteiger partial charge < -0.3 is 35.7 Å². The summed E-state index contributed by atoms with van der Waals surface area (Å²) in [5.41, 5.74) is 0. The van der Waals surface area contributed by atoms with Gasteiger partial charge in [-0.3, -0.25) is 4.79 Å². The minimum Gasteiger partial charge on any atom is -0.481 e. The molecule has 116 valence electrons. The summed E-state index contributed by atoms with van der Waals surface area (Å²) in [5, 5.41) is 57.1. The molecule has 0 radical (unpaired) electrons. The summed E-state index contributed by atoms with van der Waals surface area (Å²) in [5.74, 6) is -6.04. The van der Waals surface area contributed by atoms with Crippen LogP contribution in [-0.2, 0) is 19.2 Å². The fourth-order valence-corrected chi connectivity index (χ4v) is 0.654. The van der Waals surface area contributed by atoms with Crippen LogP contribution in [0.5, 0.6) is 0 Å². The number of aliphatic hydroxyl groups excluding tert-OH is 3. The smallest absolute Gasteiger partial charge is 0.335 e. The molecule has 0 spiro atoms. The van der Waals surface area contributed by atoms with Crippen LogP contribution in [0.15, 0.2) is 0 Å². The monoisotopic (exact) mass is 298 g/mol. The third-order valence-corrected chi connectivity index (χ3v) is 1.72. The van der Waals surface area contributed by atoms with E-state index >= 15 is 0 Å². The van der Waals surface area contributed by atoms with E-state index in [1.165, 1.54) is 0 Å². The van der Waals surface area contributed by atoms with Gasteiger partial charge in [0.05, 0.1) is 0 Å². The molecule has 0 bridgehead atoms. The summed E-state index contributed by atoms with van der Waals surface area (Å²) in [6, 6.07) is 0. The largest absolute Gasteiger partial charge is 0.481 e. The molecule has 3 unspecified atom stereocenters. The second kappa shape index (κ2) is 9.66. The van der Waals surface area contributed by atoms with Gasteiger partial charge in [0.25, 0.3) is 0 Å². The van der Waals surface area contributed by atoms with Crippen molar-refractivity contribution >= 4 is 23.9 Å². The maximum Gasteiger partial charge on any atom is 0.335 e. The van der Waals surface area contributed by atoms with Crippen LogP contribution in [0.1, 0.15) is 12.8 Å². The highest BCUT2D eigenvalue weighted by atomic mass is 16.4. The number of hydrogen-bond donors (Lipinski definition) is 7. The number of hydrogen-bond acceptors (Lipinski definition) is 7. The lowest BCUT2D eigenvalue weighted by Gasteiger charge is -2.07. The summed E-state index contributed by atoms with van der Waals surface area (Å²) in [7, 11) is 0. The van der Waals surface area contributed by atoms with Gasteiger partial charge in [0.1, 0.15) is 0 Å². The van der Waals surface area contributed by atoms with Gasteiger partial charge in [-0.25, -0.2) is 14.4 Å². The lowest BCUT2D eigenvalue weighted by molar-refractivity contribution is -0.165. The van der Waals surface area contributed by atoms with Crippen molar-refractivity contribution in [2.45, 2.75) is 31.2 Å². The van der Waals surface area contributed by atoms with Crippen LogP contribution >= 0.6 is 0 Å². The fraction of sp³-hybridized carbons (Fsp3) is 0.556. The van der Waals surface area contributed by atoms with Crippen molar-refractivity contribution in [3.63, 3.8) is 0 Å². The van der Waals surface area contributed by atoms with Crippen LogP contribution < -0.4 is 0 Å². The Bertz CT molecular complexity index is 345. The van der Waals surface area contributed by atoms with Gasteiger partial charge in [-0.2, -0.15) is 0 Å². The van der Waals surface area contributed by atoms with Crippen molar-refractivity contribution in [1.82, 2.24) is 0 Å². The minimum absolute atomic E-state index is 0.245. The number of aliphatic carboxylic acids is 4. The minimum atomic E-state index is -2.27. The van der Waals surface area contributed by atoms with Crippen LogP contribution in [0.25, 0.3) is 0 Å². The Morgan fingerprint density at radius 2 is 1.05 bits per heavy atom. The lowest BCUT2D eigenvalue weighted by Crippen LogP contribution is -2.39. The number of rotatable bonds is 7. The Balaban J connectivity index is 0. The molecule has 0 heterocycles. The summed E-state index contributed by atoms with van der Waals surface area (Å²) in [6.45, 7) is 0. The van der Waals surface area contributed by atoms with Crippen molar-refractivity contribution in [1.29, 1.82) is 0 Å². The molecule has 0 fully saturated rings. The molecule has 0 saturated carbocycles. The van der Waals surface area contributed by atoms with Crippen molar-refractivity contribution < 1.29 is 54.9 Å². The number of carboxylic acid groups (broad SMARTS) is 4. The normalized spacial score (nSPS) is 14.2. The van der Waals surface area contributed by atoms with E-state index in [1.807, 2.05) is 0 Å². The highest BCUT2D eigenvalue weighted by Gasteiger charge is 2.29. The van der Waals surface area contributed by atoms with E-state index in [0.717, 1.165) is 0 Å². The van der Waals surface area contributed by atoms with Crippen LogP contribution in [0.2, 0.25) is 0 Å². The highest BCUT2D eigenvalue weighted by Crippen LogP contribution is 1.96. The molecule has 0 saturated heterocycles. The van der Waals surface area contributed by atoms with Gasteiger partial charge in [0.15, 0.2) is 18.3 Å². The van der Waals surface area contributed by atoms with E-state index in [-0.39, 0.29) is 12.8 Å². The van der Waals surface area contributed by atoms with Gasteiger partial charge in [0, 0.05) is 6.42 Å². The number of carbonyl (C=O) groups is 4. The third-order valence-electron chi connectivity index (χ3n) is 1.72. The predicted octanol–water partition coefficient (Wildman–Crippen LogP) is -2.83. The molecule has 3 atom stereocenters. The van der Waals surface area contributed by atoms with Gasteiger partial charge in [-0.1, -0.05) is 0 Å². The first-order valence-electron chi connectivity index (χ1n) is 4.95. The van der Waals surface area contributed by atoms with Gasteiger partial charge >= 0.3 is 23.9 Å². The molecular weight excluding hydrogens is 284 g/mol. The molecule has 0 aromatic carbocycles. The van der Waals surface area contributed by atoms with Gasteiger partial charge in [-0.15, -0.1) is 0 Å². The molecule has 0 amide bonds. The summed E-state index contributed by atoms with van der Waals surface area (Å²) < 4.78 is 0. The Morgan fingerprint density at radius 3 is 1.25 bits per heavy atom. The predicted molar refractivity (Wildman–Crippen MR) is 57.8 cm³/mol. The van der Waals surface area contributed by atoms with E-state index in [0.29, 0.717) is 0 Å². The van der Waals surface area contributed by atoms with E-state index in [1.54, 1.807) is 0 Å². The average molecular weight is 298 g/mol. The van der Waals surface area contributed by atoms with Crippen LogP contribution in [0, 0.1) is 0 Å². The van der Waals surface area contributed by atoms with Crippen LogP contribution in [0.4, 0.5) is 0 Å². The van der Waals surface area contributed by atoms with Crippen LogP contribution in [-0.4, -0.2) is 77.9 Å². The van der Waals surface area contributed by atoms with Gasteiger partial charge in [-0.05, 0) is 6.42 Å². The summed E-state index contributed by atoms with van der Waals surface area (Å²) in [6.07, 6.45) is -6.66. The van der Waals surface area contributed by atoms with E-state index in [4.69, 9.17) is 35.7 Å². The standard InChI is InChI=1S/C5H8O5.C4H6O6/c6-3(5(9)10)1-2-4(7)8;5-1(3(7)8)2(6)4(9)10/h3,6H,1-2H2,(H,7,8)(H,9,10);1-2,5-6H,(H,7,8)(H,9,10). The highest BCUT2D eigenvalue weighted by molar-refractivity contribution is 5.83. The second-order valence-electron chi connectivity index (χ2n) is 3.35. The zero-order valence-electron chi connectivity index (χ0n) is 9.91. The van der Waals surface area contributed by atoms with Gasteiger partial charge in [0.2, 0.25) is 0 Å². The molecular formula is C9H14O11. The Hall–Kier alpha value is -2.24. The zero-order chi connectivity index (χ0) is 16.5. The van der Waals surface area contributed by atoms with Crippen LogP contribution in [0.3, 0.4) is 0 Å². The maximum absolute atomic E-state index is 9.87. The van der Waals surface area contributed by atoms with Crippen molar-refractivity contribution in [3.05, 3.63) is 0 Å². The average Bonchev–Trinajstić information content (AvgIpc) is 2.34. The van der Waals surface area contributed by atoms with E-state index in [9.17, 15) is 19.2 Å². The zero-order valence-corrected chi connectivity index (χ0v) is 9.91. The fourth-order valence-electron chi connectivity index (χ4n) is 0.654. The first kappa shape index (κ1) is 20.1. The molecule has 0 aliphatic heterocycles. The molecule has 0 aliphatic rings. The quantitative estimate of drug-likeness (QED) is 0.254. The molecule has 11 heteroatoms. The Kier molecular flexibility index (Phi) is 9.70. The van der Waals surface area contributed by atoms with Crippen molar-refractivity contribution in [3.8, 4) is 0 Å². The molecule has 11 nitrogen and oxygen atoms in total. The molecule has 20 heavy (non-hydrogen) atoms. The lowest BCUT2D eigenvalue weighted by atomic mass is 10.2. The summed E-state index contributed by atoms with van der Waals surface area (Å²) >= 11 is 0. The third kappa shape index (κ3) is 9.76. The Labute approximate surface area is 111 Å². The molecule has 7 N–H and O–H groups in total. The molecule has 0 aliphatic carbocycles. The molecule has 0 aromatic rings. The van der Waals surface area contributed by atoms with E-state index in [2.05, 4.69) is 0 Å². The number of carboxylic acids is 4. The van der Waals surface area contributed by atoms with E-state index < -0.39 is 42.2 Å². The second-order valence-corrected chi connectivity index (χ2v) is 3.35. The topological polar surface area (TPSA) is 210 Å². The SMILES string of the molecule is O=C(O)C(O)C(O)C(=O)O.O=C(O)CCC(O)C(=O)O. The molecule has 0 rings (SSSR count). The first-order chi connectivity index (χ1) is 9.00. The summed E-state index contributed by atoms with van der Waals surface area (Å²) in [4.78, 5) is 39.2. The van der Waals surface area contributed by atoms with Crippen molar-refractivity contribution in [2.24, 2.45) is 0 Å². The number of aliphatic hydroxyl groups is 3. The Morgan fingerprint density at radius 1 is 0.700 bits per heavy atom. The first-order valence-corrected chi connectivity index (χ1v) is 4.95. The molecule has 0 aromatic heterocycles. The maximum atomic E-state index is 9.87. The van der Waals surface area contributed by atoms with Crippen molar-refractivity contribution in [2.75, 3.05) is 0 Å².